The number of hydrogen-bond donors (Lipinski definition) is 2. The molecule has 1 heterocycles. The van der Waals surface area contributed by atoms with Gasteiger partial charge < -0.3 is 15.8 Å². The van der Waals surface area contributed by atoms with Gasteiger partial charge in [0.15, 0.2) is 0 Å². The fraction of sp³-hybridized carbons (Fsp3) is 0.611. The van der Waals surface area contributed by atoms with Crippen molar-refractivity contribution in [3.05, 3.63) is 35.4 Å². The molecule has 1 fully saturated rings. The molecule has 1 amide bonds. The second kappa shape index (κ2) is 11.7. The Kier molecular flexibility index (Phi) is 11.3. The van der Waals surface area contributed by atoms with Crippen LogP contribution >= 0.6 is 24.8 Å². The fourth-order valence-electron chi connectivity index (χ4n) is 2.84. The Hall–Kier alpha value is -0.850. The molecule has 1 aliphatic rings. The van der Waals surface area contributed by atoms with Gasteiger partial charge in [-0.05, 0) is 18.4 Å². The van der Waals surface area contributed by atoms with Gasteiger partial charge in [-0.15, -0.1) is 24.8 Å². The first-order chi connectivity index (χ1) is 11.0. The number of carbonyl (C=O) groups is 1. The molecule has 144 valence electrons. The molecule has 1 saturated heterocycles. The van der Waals surface area contributed by atoms with E-state index in [0.717, 1.165) is 37.4 Å². The van der Waals surface area contributed by atoms with Crippen molar-refractivity contribution >= 4 is 30.7 Å². The minimum absolute atomic E-state index is 0. The molecule has 2 atom stereocenters. The SMILES string of the molecule is Cc1ccc(C(N)C(=O)NCC2CN(CC(C)C)CCO2)cc1.Cl.Cl. The molecule has 0 radical (unpaired) electrons. The van der Waals surface area contributed by atoms with Crippen molar-refractivity contribution in [2.75, 3.05) is 32.8 Å². The number of ether oxygens (including phenoxy) is 1. The number of amides is 1. The summed E-state index contributed by atoms with van der Waals surface area (Å²) >= 11 is 0. The second-order valence-corrected chi connectivity index (χ2v) is 6.78. The summed E-state index contributed by atoms with van der Waals surface area (Å²) in [5.74, 6) is 0.483. The van der Waals surface area contributed by atoms with Crippen LogP contribution in [0, 0.1) is 12.8 Å². The maximum absolute atomic E-state index is 12.2. The van der Waals surface area contributed by atoms with E-state index in [2.05, 4.69) is 24.1 Å². The van der Waals surface area contributed by atoms with E-state index >= 15 is 0 Å². The van der Waals surface area contributed by atoms with E-state index < -0.39 is 6.04 Å². The molecule has 5 nitrogen and oxygen atoms in total. The van der Waals surface area contributed by atoms with E-state index in [4.69, 9.17) is 10.5 Å². The topological polar surface area (TPSA) is 67.6 Å². The van der Waals surface area contributed by atoms with Gasteiger partial charge in [0, 0.05) is 26.2 Å². The van der Waals surface area contributed by atoms with Gasteiger partial charge in [-0.25, -0.2) is 0 Å². The average Bonchev–Trinajstić information content (AvgIpc) is 2.52. The lowest BCUT2D eigenvalue weighted by atomic mass is 10.1. The molecule has 0 bridgehead atoms. The van der Waals surface area contributed by atoms with Gasteiger partial charge in [-0.2, -0.15) is 0 Å². The Morgan fingerprint density at radius 3 is 2.56 bits per heavy atom. The number of aryl methyl sites for hydroxylation is 1. The monoisotopic (exact) mass is 391 g/mol. The van der Waals surface area contributed by atoms with Crippen LogP contribution in [0.3, 0.4) is 0 Å². The zero-order chi connectivity index (χ0) is 16.8. The number of halogens is 2. The van der Waals surface area contributed by atoms with Gasteiger partial charge in [0.2, 0.25) is 5.91 Å². The normalized spacial score (nSPS) is 18.8. The van der Waals surface area contributed by atoms with Gasteiger partial charge >= 0.3 is 0 Å². The van der Waals surface area contributed by atoms with Crippen molar-refractivity contribution in [2.45, 2.75) is 32.9 Å². The smallest absolute Gasteiger partial charge is 0.241 e. The van der Waals surface area contributed by atoms with Crippen LogP contribution in [0.5, 0.6) is 0 Å². The lowest BCUT2D eigenvalue weighted by Crippen LogP contribution is -2.49. The van der Waals surface area contributed by atoms with Gasteiger partial charge in [0.25, 0.3) is 0 Å². The molecular formula is C18H31Cl2N3O2. The second-order valence-electron chi connectivity index (χ2n) is 6.78. The highest BCUT2D eigenvalue weighted by Crippen LogP contribution is 2.12. The first-order valence-corrected chi connectivity index (χ1v) is 8.39. The van der Waals surface area contributed by atoms with E-state index in [-0.39, 0.29) is 36.8 Å². The summed E-state index contributed by atoms with van der Waals surface area (Å²) in [5, 5.41) is 2.92. The number of nitrogens with two attached hydrogens (primary N) is 1. The highest BCUT2D eigenvalue weighted by Gasteiger charge is 2.23. The van der Waals surface area contributed by atoms with Gasteiger partial charge in [-0.1, -0.05) is 43.7 Å². The highest BCUT2D eigenvalue weighted by atomic mass is 35.5. The van der Waals surface area contributed by atoms with Crippen LogP contribution in [0.4, 0.5) is 0 Å². The molecule has 2 unspecified atom stereocenters. The van der Waals surface area contributed by atoms with Crippen LogP contribution < -0.4 is 11.1 Å². The van der Waals surface area contributed by atoms with Crippen molar-refractivity contribution < 1.29 is 9.53 Å². The summed E-state index contributed by atoms with van der Waals surface area (Å²) < 4.78 is 5.74. The Balaban J connectivity index is 0.00000288. The number of hydrogen-bond acceptors (Lipinski definition) is 4. The Bertz CT molecular complexity index is 512. The molecule has 3 N–H and O–H groups in total. The Morgan fingerprint density at radius 1 is 1.32 bits per heavy atom. The standard InChI is InChI=1S/C18H29N3O2.2ClH/c1-13(2)11-21-8-9-23-16(12-21)10-20-18(22)17(19)15-6-4-14(3)5-7-15;;/h4-7,13,16-17H,8-12,19H2,1-3H3,(H,20,22);2*1H. The number of carbonyl (C=O) groups excluding carboxylic acids is 1. The third kappa shape index (κ3) is 7.92. The fourth-order valence-corrected chi connectivity index (χ4v) is 2.84. The van der Waals surface area contributed by atoms with Gasteiger partial charge in [-0.3, -0.25) is 9.69 Å². The predicted molar refractivity (Wildman–Crippen MR) is 107 cm³/mol. The summed E-state index contributed by atoms with van der Waals surface area (Å²) in [6, 6.07) is 7.11. The van der Waals surface area contributed by atoms with Crippen LogP contribution in [0.2, 0.25) is 0 Å². The van der Waals surface area contributed by atoms with E-state index in [1.54, 1.807) is 0 Å². The van der Waals surface area contributed by atoms with Gasteiger partial charge in [0.05, 0.1) is 12.7 Å². The van der Waals surface area contributed by atoms with Crippen molar-refractivity contribution in [1.29, 1.82) is 0 Å². The molecule has 1 aromatic carbocycles. The van der Waals surface area contributed by atoms with Crippen molar-refractivity contribution in [3.63, 3.8) is 0 Å². The molecule has 2 rings (SSSR count). The van der Waals surface area contributed by atoms with Crippen LogP contribution in [0.25, 0.3) is 0 Å². The van der Waals surface area contributed by atoms with Crippen molar-refractivity contribution in [1.82, 2.24) is 10.2 Å². The maximum Gasteiger partial charge on any atom is 0.241 e. The largest absolute Gasteiger partial charge is 0.374 e. The number of morpholine rings is 1. The van der Waals surface area contributed by atoms with Crippen molar-refractivity contribution in [2.24, 2.45) is 11.7 Å². The zero-order valence-corrected chi connectivity index (χ0v) is 16.9. The third-order valence-electron chi connectivity index (χ3n) is 4.07. The number of rotatable bonds is 6. The number of nitrogens with one attached hydrogen (secondary N) is 1. The molecule has 0 spiro atoms. The van der Waals surface area contributed by atoms with Crippen LogP contribution in [-0.4, -0.2) is 49.7 Å². The molecular weight excluding hydrogens is 361 g/mol. The Morgan fingerprint density at radius 2 is 1.96 bits per heavy atom. The lowest BCUT2D eigenvalue weighted by Gasteiger charge is -2.34. The number of nitrogens with zero attached hydrogens (tertiary/aromatic N) is 1. The minimum Gasteiger partial charge on any atom is -0.374 e. The van der Waals surface area contributed by atoms with Crippen LogP contribution in [-0.2, 0) is 9.53 Å². The first kappa shape index (κ1) is 24.1. The summed E-state index contributed by atoms with van der Waals surface area (Å²) in [6.07, 6.45) is 0.0386. The van der Waals surface area contributed by atoms with E-state index in [1.807, 2.05) is 31.2 Å². The van der Waals surface area contributed by atoms with Crippen LogP contribution in [0.1, 0.15) is 31.0 Å². The number of benzene rings is 1. The van der Waals surface area contributed by atoms with E-state index in [1.165, 1.54) is 0 Å². The lowest BCUT2D eigenvalue weighted by molar-refractivity contribution is -0.123. The molecule has 25 heavy (non-hydrogen) atoms. The average molecular weight is 392 g/mol. The first-order valence-electron chi connectivity index (χ1n) is 8.39. The van der Waals surface area contributed by atoms with Crippen molar-refractivity contribution in [3.8, 4) is 0 Å². The molecule has 1 aromatic rings. The zero-order valence-electron chi connectivity index (χ0n) is 15.2. The molecule has 0 aliphatic carbocycles. The summed E-state index contributed by atoms with van der Waals surface area (Å²) in [5.41, 5.74) is 8.02. The van der Waals surface area contributed by atoms with E-state index in [9.17, 15) is 4.79 Å². The predicted octanol–water partition coefficient (Wildman–Crippen LogP) is 2.31. The minimum atomic E-state index is -0.633. The third-order valence-corrected chi connectivity index (χ3v) is 4.07. The molecule has 0 aromatic heterocycles. The molecule has 1 aliphatic heterocycles. The summed E-state index contributed by atoms with van der Waals surface area (Å²) in [6.45, 7) is 10.6. The Labute approximate surface area is 163 Å². The maximum atomic E-state index is 12.2. The van der Waals surface area contributed by atoms with Gasteiger partial charge in [0.1, 0.15) is 6.04 Å². The summed E-state index contributed by atoms with van der Waals surface area (Å²) in [7, 11) is 0. The molecule has 0 saturated carbocycles. The van der Waals surface area contributed by atoms with Crippen LogP contribution in [0.15, 0.2) is 24.3 Å². The molecule has 7 heteroatoms. The quantitative estimate of drug-likeness (QED) is 0.780. The highest BCUT2D eigenvalue weighted by molar-refractivity contribution is 5.85. The van der Waals surface area contributed by atoms with E-state index in [0.29, 0.717) is 12.5 Å². The summed E-state index contributed by atoms with van der Waals surface area (Å²) in [4.78, 5) is 14.6.